The molecule has 1 aliphatic carbocycles. The molecule has 2 rings (SSSR count). The van der Waals surface area contributed by atoms with Crippen molar-refractivity contribution < 1.29 is 8.42 Å². The molecule has 1 saturated carbocycles. The lowest BCUT2D eigenvalue weighted by Crippen LogP contribution is -2.38. The van der Waals surface area contributed by atoms with Crippen LogP contribution in [0, 0.1) is 11.8 Å². The Labute approximate surface area is 111 Å². The van der Waals surface area contributed by atoms with Gasteiger partial charge in [0.2, 0.25) is 10.0 Å². The molecule has 0 radical (unpaired) electrons. The molecule has 1 saturated heterocycles. The zero-order valence-electron chi connectivity index (χ0n) is 11.3. The van der Waals surface area contributed by atoms with E-state index in [4.69, 9.17) is 5.73 Å². The van der Waals surface area contributed by atoms with E-state index < -0.39 is 10.0 Å². The van der Waals surface area contributed by atoms with Crippen LogP contribution in [0.25, 0.3) is 0 Å². The second-order valence-electron chi connectivity index (χ2n) is 6.04. The molecule has 2 aliphatic rings. The Morgan fingerprint density at radius 1 is 1.17 bits per heavy atom. The van der Waals surface area contributed by atoms with Crippen LogP contribution in [0.1, 0.15) is 45.4 Å². The number of nitrogens with zero attached hydrogens (tertiary/aromatic N) is 1. The van der Waals surface area contributed by atoms with Crippen molar-refractivity contribution in [3.05, 3.63) is 0 Å². The summed E-state index contributed by atoms with van der Waals surface area (Å²) in [4.78, 5) is 0. The average molecular weight is 274 g/mol. The van der Waals surface area contributed by atoms with E-state index in [2.05, 4.69) is 0 Å². The summed E-state index contributed by atoms with van der Waals surface area (Å²) in [5.74, 6) is 1.09. The van der Waals surface area contributed by atoms with Crippen molar-refractivity contribution in [2.45, 2.75) is 51.5 Å². The predicted octanol–water partition coefficient (Wildman–Crippen LogP) is 1.57. The third kappa shape index (κ3) is 3.25. The molecule has 2 fully saturated rings. The molecule has 5 heteroatoms. The minimum Gasteiger partial charge on any atom is -0.330 e. The first-order valence-electron chi connectivity index (χ1n) is 7.22. The van der Waals surface area contributed by atoms with E-state index in [1.165, 1.54) is 19.3 Å². The first-order chi connectivity index (χ1) is 8.53. The summed E-state index contributed by atoms with van der Waals surface area (Å²) < 4.78 is 26.6. The quantitative estimate of drug-likeness (QED) is 0.846. The van der Waals surface area contributed by atoms with Gasteiger partial charge in [0.05, 0.1) is 5.75 Å². The summed E-state index contributed by atoms with van der Waals surface area (Å²) in [6.07, 6.45) is 6.75. The largest absolute Gasteiger partial charge is 0.330 e. The van der Waals surface area contributed by atoms with Crippen LogP contribution in [0.3, 0.4) is 0 Å². The van der Waals surface area contributed by atoms with Crippen LogP contribution in [-0.2, 0) is 10.0 Å². The number of hydrogen-bond acceptors (Lipinski definition) is 3. The molecule has 18 heavy (non-hydrogen) atoms. The van der Waals surface area contributed by atoms with Gasteiger partial charge in [-0.3, -0.25) is 0 Å². The van der Waals surface area contributed by atoms with Crippen molar-refractivity contribution in [1.29, 1.82) is 0 Å². The Morgan fingerprint density at radius 2 is 1.83 bits per heavy atom. The van der Waals surface area contributed by atoms with E-state index in [1.54, 1.807) is 4.31 Å². The smallest absolute Gasteiger partial charge is 0.214 e. The zero-order chi connectivity index (χ0) is 13.2. The summed E-state index contributed by atoms with van der Waals surface area (Å²) in [6, 6.07) is 0.132. The van der Waals surface area contributed by atoms with Gasteiger partial charge in [0.1, 0.15) is 0 Å². The van der Waals surface area contributed by atoms with Crippen molar-refractivity contribution in [3.8, 4) is 0 Å². The van der Waals surface area contributed by atoms with Gasteiger partial charge in [0.25, 0.3) is 0 Å². The minimum atomic E-state index is -3.07. The van der Waals surface area contributed by atoms with Crippen molar-refractivity contribution in [2.24, 2.45) is 17.6 Å². The molecule has 0 spiro atoms. The van der Waals surface area contributed by atoms with Gasteiger partial charge in [-0.15, -0.1) is 0 Å². The van der Waals surface area contributed by atoms with Gasteiger partial charge in [-0.1, -0.05) is 19.3 Å². The van der Waals surface area contributed by atoms with Crippen LogP contribution in [0.4, 0.5) is 0 Å². The highest BCUT2D eigenvalue weighted by Crippen LogP contribution is 2.30. The molecule has 1 aliphatic heterocycles. The predicted molar refractivity (Wildman–Crippen MR) is 73.7 cm³/mol. The first-order valence-corrected chi connectivity index (χ1v) is 8.83. The fraction of sp³-hybridized carbons (Fsp3) is 1.00. The van der Waals surface area contributed by atoms with Crippen LogP contribution >= 0.6 is 0 Å². The fourth-order valence-electron chi connectivity index (χ4n) is 3.41. The van der Waals surface area contributed by atoms with Crippen molar-refractivity contribution in [3.63, 3.8) is 0 Å². The summed E-state index contributed by atoms with van der Waals surface area (Å²) >= 11 is 0. The van der Waals surface area contributed by atoms with Gasteiger partial charge >= 0.3 is 0 Å². The normalized spacial score (nSPS) is 31.9. The molecule has 2 N–H and O–H groups in total. The lowest BCUT2D eigenvalue weighted by atomic mass is 9.91. The van der Waals surface area contributed by atoms with Crippen LogP contribution in [0.15, 0.2) is 0 Å². The molecular weight excluding hydrogens is 248 g/mol. The molecule has 0 amide bonds. The third-order valence-electron chi connectivity index (χ3n) is 4.47. The molecule has 1 heterocycles. The second-order valence-corrected chi connectivity index (χ2v) is 8.00. The molecule has 2 unspecified atom stereocenters. The van der Waals surface area contributed by atoms with Gasteiger partial charge < -0.3 is 5.73 Å². The van der Waals surface area contributed by atoms with Gasteiger partial charge in [-0.25, -0.2) is 8.42 Å². The third-order valence-corrected chi connectivity index (χ3v) is 6.58. The van der Waals surface area contributed by atoms with E-state index in [0.29, 0.717) is 30.7 Å². The number of hydrogen-bond donors (Lipinski definition) is 1. The van der Waals surface area contributed by atoms with E-state index >= 15 is 0 Å². The number of sulfonamides is 1. The fourth-order valence-corrected chi connectivity index (χ4v) is 5.61. The highest BCUT2D eigenvalue weighted by Gasteiger charge is 2.37. The van der Waals surface area contributed by atoms with E-state index in [9.17, 15) is 8.42 Å². The average Bonchev–Trinajstić information content (AvgIpc) is 2.72. The van der Waals surface area contributed by atoms with E-state index in [0.717, 1.165) is 19.3 Å². The van der Waals surface area contributed by atoms with Crippen molar-refractivity contribution in [2.75, 3.05) is 18.8 Å². The monoisotopic (exact) mass is 274 g/mol. The summed E-state index contributed by atoms with van der Waals surface area (Å²) in [5, 5.41) is 0. The Balaban J connectivity index is 1.97. The Morgan fingerprint density at radius 3 is 2.39 bits per heavy atom. The Bertz CT molecular complexity index is 363. The molecule has 0 aromatic rings. The zero-order valence-corrected chi connectivity index (χ0v) is 12.2. The molecule has 0 aromatic carbocycles. The molecule has 0 aromatic heterocycles. The summed E-state index contributed by atoms with van der Waals surface area (Å²) in [7, 11) is -3.07. The van der Waals surface area contributed by atoms with Crippen LogP contribution in [0.5, 0.6) is 0 Å². The maximum atomic E-state index is 12.5. The SMILES string of the molecule is CC1CC(CN)CN1S(=O)(=O)CC1CCCCC1. The van der Waals surface area contributed by atoms with Gasteiger partial charge in [0.15, 0.2) is 0 Å². The molecule has 0 bridgehead atoms. The topological polar surface area (TPSA) is 63.4 Å². The van der Waals surface area contributed by atoms with Gasteiger partial charge in [-0.05, 0) is 44.6 Å². The summed E-state index contributed by atoms with van der Waals surface area (Å²) in [6.45, 7) is 3.24. The lowest BCUT2D eigenvalue weighted by molar-refractivity contribution is 0.362. The molecule has 4 nitrogen and oxygen atoms in total. The first kappa shape index (κ1) is 14.3. The Kier molecular flexibility index (Phi) is 4.67. The lowest BCUT2D eigenvalue weighted by Gasteiger charge is -2.26. The van der Waals surface area contributed by atoms with Gasteiger partial charge in [-0.2, -0.15) is 4.31 Å². The molecular formula is C13H26N2O2S. The van der Waals surface area contributed by atoms with Crippen LogP contribution < -0.4 is 5.73 Å². The maximum absolute atomic E-state index is 12.5. The Hall–Kier alpha value is -0.130. The second kappa shape index (κ2) is 5.88. The van der Waals surface area contributed by atoms with Crippen LogP contribution in [-0.4, -0.2) is 37.6 Å². The highest BCUT2D eigenvalue weighted by molar-refractivity contribution is 7.89. The van der Waals surface area contributed by atoms with Crippen molar-refractivity contribution in [1.82, 2.24) is 4.31 Å². The number of nitrogens with two attached hydrogens (primary N) is 1. The standard InChI is InChI=1S/C13H26N2O2S/c1-11-7-13(8-14)9-15(11)18(16,17)10-12-5-3-2-4-6-12/h11-13H,2-10,14H2,1H3. The highest BCUT2D eigenvalue weighted by atomic mass is 32.2. The van der Waals surface area contributed by atoms with Crippen LogP contribution in [0.2, 0.25) is 0 Å². The molecule has 106 valence electrons. The number of rotatable bonds is 4. The van der Waals surface area contributed by atoms with Gasteiger partial charge in [0, 0.05) is 12.6 Å². The van der Waals surface area contributed by atoms with E-state index in [-0.39, 0.29) is 6.04 Å². The summed E-state index contributed by atoms with van der Waals surface area (Å²) in [5.41, 5.74) is 5.66. The van der Waals surface area contributed by atoms with E-state index in [1.807, 2.05) is 6.92 Å². The maximum Gasteiger partial charge on any atom is 0.214 e. The minimum absolute atomic E-state index is 0.132. The van der Waals surface area contributed by atoms with Crippen molar-refractivity contribution >= 4 is 10.0 Å². The molecule has 2 atom stereocenters.